The van der Waals surface area contributed by atoms with E-state index in [1.807, 2.05) is 24.3 Å². The van der Waals surface area contributed by atoms with E-state index in [9.17, 15) is 23.3 Å². The summed E-state index contributed by atoms with van der Waals surface area (Å²) in [5, 5.41) is 11.1. The smallest absolute Gasteiger partial charge is 0.339 e. The fourth-order valence-electron chi connectivity index (χ4n) is 3.50. The Bertz CT molecular complexity index is 1810. The number of hydrogen-bond donors (Lipinski definition) is 0. The van der Waals surface area contributed by atoms with Crippen molar-refractivity contribution in [3.8, 4) is 5.75 Å². The molecule has 0 saturated heterocycles. The summed E-state index contributed by atoms with van der Waals surface area (Å²) >= 11 is 1.26. The molecule has 0 aliphatic rings. The van der Waals surface area contributed by atoms with Gasteiger partial charge in [-0.2, -0.15) is 8.42 Å². The molecule has 0 saturated carbocycles. The van der Waals surface area contributed by atoms with Crippen LogP contribution in [0.15, 0.2) is 76.4 Å². The Labute approximate surface area is 196 Å². The highest BCUT2D eigenvalue weighted by Gasteiger charge is 2.21. The molecule has 0 aliphatic carbocycles. The molecule has 5 rings (SSSR count). The van der Waals surface area contributed by atoms with Crippen molar-refractivity contribution in [2.45, 2.75) is 11.8 Å². The third-order valence-corrected chi connectivity index (χ3v) is 7.41. The monoisotopic (exact) mass is 493 g/mol. The number of benzene rings is 3. The standard InChI is InChI=1S/C23H15N3O6S2/c1-14-6-11-17(13-20(14)26(28)29)34(30,31)32-16-9-7-15(8-10-16)12-21-22(27)25-19-5-3-2-4-18(19)24-23(25)33-21/h2-13H,1H3. The number of imidazole rings is 1. The lowest BCUT2D eigenvalue weighted by molar-refractivity contribution is -0.385. The molecule has 9 nitrogen and oxygen atoms in total. The van der Waals surface area contributed by atoms with Crippen LogP contribution in [0.5, 0.6) is 5.75 Å². The summed E-state index contributed by atoms with van der Waals surface area (Å²) in [6.45, 7) is 1.52. The van der Waals surface area contributed by atoms with Crippen molar-refractivity contribution in [1.82, 2.24) is 9.38 Å². The predicted octanol–water partition coefficient (Wildman–Crippen LogP) is 3.44. The van der Waals surface area contributed by atoms with Gasteiger partial charge in [-0.05, 0) is 48.9 Å². The molecular weight excluding hydrogens is 478 g/mol. The summed E-state index contributed by atoms with van der Waals surface area (Å²) < 4.78 is 32.4. The van der Waals surface area contributed by atoms with Crippen molar-refractivity contribution < 1.29 is 17.5 Å². The average molecular weight is 494 g/mol. The number of rotatable bonds is 5. The number of nitro benzene ring substituents is 1. The van der Waals surface area contributed by atoms with Crippen LogP contribution in [-0.4, -0.2) is 22.7 Å². The Hall–Kier alpha value is -4.09. The van der Waals surface area contributed by atoms with E-state index >= 15 is 0 Å². The average Bonchev–Trinajstić information content (AvgIpc) is 3.31. The van der Waals surface area contributed by atoms with Crippen molar-refractivity contribution in [1.29, 1.82) is 0 Å². The summed E-state index contributed by atoms with van der Waals surface area (Å²) in [5.41, 5.74) is 2.01. The molecule has 11 heteroatoms. The number of para-hydroxylation sites is 2. The lowest BCUT2D eigenvalue weighted by Gasteiger charge is -2.08. The second-order valence-electron chi connectivity index (χ2n) is 7.45. The first-order valence-electron chi connectivity index (χ1n) is 9.94. The van der Waals surface area contributed by atoms with Crippen LogP contribution in [-0.2, 0) is 10.1 Å². The van der Waals surface area contributed by atoms with E-state index in [0.29, 0.717) is 20.6 Å². The lowest BCUT2D eigenvalue weighted by atomic mass is 10.2. The van der Waals surface area contributed by atoms with Gasteiger partial charge >= 0.3 is 10.1 Å². The normalized spacial score (nSPS) is 12.4. The zero-order valence-electron chi connectivity index (χ0n) is 17.5. The molecule has 0 fully saturated rings. The maximum absolute atomic E-state index is 12.9. The van der Waals surface area contributed by atoms with Gasteiger partial charge < -0.3 is 4.18 Å². The van der Waals surface area contributed by atoms with Crippen LogP contribution in [0.2, 0.25) is 0 Å². The van der Waals surface area contributed by atoms with E-state index in [2.05, 4.69) is 4.98 Å². The molecule has 0 radical (unpaired) electrons. The van der Waals surface area contributed by atoms with Gasteiger partial charge in [0.05, 0.1) is 20.5 Å². The molecule has 0 atom stereocenters. The number of thiazole rings is 1. The summed E-state index contributed by atoms with van der Waals surface area (Å²) in [7, 11) is -4.27. The molecule has 0 bridgehead atoms. The van der Waals surface area contributed by atoms with Gasteiger partial charge in [0.1, 0.15) is 10.6 Å². The topological polar surface area (TPSA) is 121 Å². The summed E-state index contributed by atoms with van der Waals surface area (Å²) in [6, 6.07) is 17.1. The molecule has 34 heavy (non-hydrogen) atoms. The first kappa shape index (κ1) is 21.7. The van der Waals surface area contributed by atoms with Crippen LogP contribution < -0.4 is 14.3 Å². The lowest BCUT2D eigenvalue weighted by Crippen LogP contribution is -2.22. The van der Waals surface area contributed by atoms with E-state index in [1.54, 1.807) is 22.6 Å². The molecule has 0 unspecified atom stereocenters. The Morgan fingerprint density at radius 2 is 1.82 bits per heavy atom. The first-order valence-corrected chi connectivity index (χ1v) is 12.2. The highest BCUT2D eigenvalue weighted by atomic mass is 32.2. The molecular formula is C23H15N3O6S2. The molecule has 3 aromatic carbocycles. The maximum Gasteiger partial charge on any atom is 0.339 e. The minimum Gasteiger partial charge on any atom is -0.379 e. The van der Waals surface area contributed by atoms with Crippen molar-refractivity contribution in [3.63, 3.8) is 0 Å². The van der Waals surface area contributed by atoms with Gasteiger partial charge in [-0.15, -0.1) is 0 Å². The zero-order valence-corrected chi connectivity index (χ0v) is 19.2. The van der Waals surface area contributed by atoms with E-state index < -0.39 is 15.0 Å². The number of fused-ring (bicyclic) bond motifs is 3. The second kappa shape index (κ2) is 8.04. The summed E-state index contributed by atoms with van der Waals surface area (Å²) in [6.07, 6.45) is 1.69. The van der Waals surface area contributed by atoms with Crippen molar-refractivity contribution in [2.24, 2.45) is 0 Å². The molecule has 2 aromatic heterocycles. The summed E-state index contributed by atoms with van der Waals surface area (Å²) in [4.78, 5) is 28.1. The number of nitro groups is 1. The van der Waals surface area contributed by atoms with Gasteiger partial charge in [-0.25, -0.2) is 9.38 Å². The third kappa shape index (κ3) is 3.80. The van der Waals surface area contributed by atoms with Crippen LogP contribution >= 0.6 is 11.3 Å². The second-order valence-corrected chi connectivity index (χ2v) is 10.0. The predicted molar refractivity (Wildman–Crippen MR) is 128 cm³/mol. The SMILES string of the molecule is Cc1ccc(S(=O)(=O)Oc2ccc(C=c3sc4nc5ccccc5n4c3=O)cc2)cc1[N+](=O)[O-]. The van der Waals surface area contributed by atoms with Crippen LogP contribution in [0.1, 0.15) is 11.1 Å². The Morgan fingerprint density at radius 3 is 2.56 bits per heavy atom. The van der Waals surface area contributed by atoms with Gasteiger partial charge in [0.25, 0.3) is 11.2 Å². The van der Waals surface area contributed by atoms with Gasteiger partial charge in [0.15, 0.2) is 4.96 Å². The van der Waals surface area contributed by atoms with Crippen molar-refractivity contribution in [3.05, 3.63) is 103 Å². The van der Waals surface area contributed by atoms with E-state index in [1.165, 1.54) is 42.5 Å². The molecule has 0 aliphatic heterocycles. The largest absolute Gasteiger partial charge is 0.379 e. The quantitative estimate of drug-likeness (QED) is 0.209. The minimum atomic E-state index is -4.27. The van der Waals surface area contributed by atoms with E-state index in [-0.39, 0.29) is 21.9 Å². The molecule has 0 spiro atoms. The van der Waals surface area contributed by atoms with Crippen molar-refractivity contribution >= 4 is 49.2 Å². The number of hydrogen-bond acceptors (Lipinski definition) is 8. The van der Waals surface area contributed by atoms with E-state index in [0.717, 1.165) is 17.1 Å². The minimum absolute atomic E-state index is 0.0368. The Morgan fingerprint density at radius 1 is 1.09 bits per heavy atom. The highest BCUT2D eigenvalue weighted by Crippen LogP contribution is 2.25. The molecule has 5 aromatic rings. The van der Waals surface area contributed by atoms with Gasteiger partial charge in [-0.3, -0.25) is 14.9 Å². The first-order chi connectivity index (χ1) is 16.2. The number of aryl methyl sites for hydroxylation is 1. The summed E-state index contributed by atoms with van der Waals surface area (Å²) in [5.74, 6) is 0.0368. The van der Waals surface area contributed by atoms with Gasteiger partial charge in [-0.1, -0.05) is 41.7 Å². The Kier molecular flexibility index (Phi) is 5.14. The maximum atomic E-state index is 12.9. The number of nitrogens with zero attached hydrogens (tertiary/aromatic N) is 3. The van der Waals surface area contributed by atoms with Gasteiger partial charge in [0, 0.05) is 11.6 Å². The molecule has 0 amide bonds. The fourth-order valence-corrected chi connectivity index (χ4v) is 5.44. The van der Waals surface area contributed by atoms with Crippen LogP contribution in [0.3, 0.4) is 0 Å². The van der Waals surface area contributed by atoms with Crippen molar-refractivity contribution in [2.75, 3.05) is 0 Å². The fraction of sp³-hybridized carbons (Fsp3) is 0.0435. The molecule has 170 valence electrons. The zero-order chi connectivity index (χ0) is 24.0. The van der Waals surface area contributed by atoms with Gasteiger partial charge in [0.2, 0.25) is 0 Å². The van der Waals surface area contributed by atoms with Crippen LogP contribution in [0.4, 0.5) is 5.69 Å². The molecule has 2 heterocycles. The number of aromatic nitrogens is 2. The van der Waals surface area contributed by atoms with Crippen LogP contribution in [0, 0.1) is 17.0 Å². The molecule has 0 N–H and O–H groups in total. The van der Waals surface area contributed by atoms with Crippen LogP contribution in [0.25, 0.3) is 22.1 Å². The Balaban J connectivity index is 1.44. The third-order valence-electron chi connectivity index (χ3n) is 5.19. The van der Waals surface area contributed by atoms with E-state index in [4.69, 9.17) is 4.18 Å². The highest BCUT2D eigenvalue weighted by molar-refractivity contribution is 7.87.